The Morgan fingerprint density at radius 2 is 1.78 bits per heavy atom. The molecule has 0 aromatic carbocycles. The standard InChI is InChI=1S/C16H18O4.C9H12O3/c1-10-6-11-8-16(2)12(7-13(11)15(18)20-10)4-3-5-14(16)19-9-17;1-7-8(5-10)3-2-4-9(7)12-6-11/h6-7,9,14H,3-5,8H2,1-2H3;5-6,9H,2-4H2,1H3/t14?,16-;/m0./s1. The van der Waals surface area contributed by atoms with E-state index in [-0.39, 0.29) is 23.2 Å². The second kappa shape index (κ2) is 10.1. The molecule has 0 spiro atoms. The highest BCUT2D eigenvalue weighted by atomic mass is 16.5. The van der Waals surface area contributed by atoms with E-state index >= 15 is 0 Å². The van der Waals surface area contributed by atoms with E-state index in [2.05, 4.69) is 6.92 Å². The van der Waals surface area contributed by atoms with Gasteiger partial charge in [0.1, 0.15) is 24.3 Å². The van der Waals surface area contributed by atoms with Crippen LogP contribution < -0.4 is 5.63 Å². The van der Waals surface area contributed by atoms with Crippen LogP contribution in [0.5, 0.6) is 0 Å². The maximum atomic E-state index is 12.0. The molecule has 1 saturated carbocycles. The number of ether oxygens (including phenoxy) is 2. The molecule has 0 N–H and O–H groups in total. The van der Waals surface area contributed by atoms with Gasteiger partial charge in [-0.3, -0.25) is 14.4 Å². The molecule has 7 heteroatoms. The van der Waals surface area contributed by atoms with Crippen LogP contribution in [0, 0.1) is 12.3 Å². The summed E-state index contributed by atoms with van der Waals surface area (Å²) in [6.45, 7) is 6.74. The van der Waals surface area contributed by atoms with Crippen molar-refractivity contribution in [1.29, 1.82) is 0 Å². The van der Waals surface area contributed by atoms with Crippen molar-refractivity contribution in [2.75, 3.05) is 0 Å². The Morgan fingerprint density at radius 1 is 1.06 bits per heavy atom. The number of aryl methyl sites for hydroxylation is 1. The lowest BCUT2D eigenvalue weighted by molar-refractivity contribution is -0.140. The minimum atomic E-state index is -0.270. The van der Waals surface area contributed by atoms with Crippen LogP contribution in [0.1, 0.15) is 69.3 Å². The molecule has 1 fully saturated rings. The van der Waals surface area contributed by atoms with Gasteiger partial charge in [-0.2, -0.15) is 0 Å². The fourth-order valence-corrected chi connectivity index (χ4v) is 5.08. The summed E-state index contributed by atoms with van der Waals surface area (Å²) >= 11 is 0. The van der Waals surface area contributed by atoms with Crippen LogP contribution in [0.4, 0.5) is 0 Å². The lowest BCUT2D eigenvalue weighted by Gasteiger charge is -2.44. The van der Waals surface area contributed by atoms with Gasteiger partial charge in [0.05, 0.1) is 5.56 Å². The van der Waals surface area contributed by atoms with E-state index in [1.54, 1.807) is 6.92 Å². The summed E-state index contributed by atoms with van der Waals surface area (Å²) in [7, 11) is 0. The monoisotopic (exact) mass is 442 g/mol. The molecule has 3 atom stereocenters. The Labute approximate surface area is 187 Å². The van der Waals surface area contributed by atoms with Gasteiger partial charge in [0, 0.05) is 5.41 Å². The Hall–Kier alpha value is -2.96. The van der Waals surface area contributed by atoms with Gasteiger partial charge in [-0.15, -0.1) is 0 Å². The van der Waals surface area contributed by atoms with E-state index in [1.165, 1.54) is 5.57 Å². The van der Waals surface area contributed by atoms with Gasteiger partial charge >= 0.3 is 5.63 Å². The first-order valence-electron chi connectivity index (χ1n) is 11.0. The molecule has 32 heavy (non-hydrogen) atoms. The third-order valence-electron chi connectivity index (χ3n) is 6.91. The van der Waals surface area contributed by atoms with Crippen molar-refractivity contribution in [3.05, 3.63) is 50.1 Å². The van der Waals surface area contributed by atoms with Crippen LogP contribution in [-0.2, 0) is 30.3 Å². The largest absolute Gasteiger partial charge is 0.464 e. The van der Waals surface area contributed by atoms with Gasteiger partial charge < -0.3 is 13.9 Å². The predicted octanol–water partition coefficient (Wildman–Crippen LogP) is 3.85. The molecule has 172 valence electrons. The van der Waals surface area contributed by atoms with Gasteiger partial charge in [0.2, 0.25) is 0 Å². The highest BCUT2D eigenvalue weighted by Gasteiger charge is 2.44. The molecular formula is C25H30O7. The Morgan fingerprint density at radius 3 is 2.47 bits per heavy atom. The molecule has 0 aliphatic heterocycles. The van der Waals surface area contributed by atoms with Crippen LogP contribution in [0.15, 0.2) is 32.0 Å². The smallest absolute Gasteiger partial charge is 0.343 e. The van der Waals surface area contributed by atoms with Gasteiger partial charge in [-0.05, 0) is 87.6 Å². The summed E-state index contributed by atoms with van der Waals surface area (Å²) in [6.07, 6.45) is 8.62. The van der Waals surface area contributed by atoms with Gasteiger partial charge in [0.25, 0.3) is 12.9 Å². The second-order valence-corrected chi connectivity index (χ2v) is 8.90. The van der Waals surface area contributed by atoms with Crippen molar-refractivity contribution in [2.24, 2.45) is 5.41 Å². The number of aldehydes is 1. The lowest BCUT2D eigenvalue weighted by Crippen LogP contribution is -2.43. The van der Waals surface area contributed by atoms with Crippen molar-refractivity contribution in [1.82, 2.24) is 0 Å². The SMILES string of the molecule is CC1=C(C=O)CCCC1OC=O.Cc1cc2c(c(=O)o1)C=C1CCCC(OC=O)[C@@]1(C)C2. The lowest BCUT2D eigenvalue weighted by atomic mass is 9.63. The molecule has 7 nitrogen and oxygen atoms in total. The molecule has 1 aromatic rings. The van der Waals surface area contributed by atoms with Crippen LogP contribution in [0.2, 0.25) is 0 Å². The van der Waals surface area contributed by atoms with E-state index in [1.807, 2.05) is 19.1 Å². The molecule has 0 amide bonds. The topological polar surface area (TPSA) is 99.9 Å². The maximum absolute atomic E-state index is 12.0. The summed E-state index contributed by atoms with van der Waals surface area (Å²) in [6, 6.07) is 1.92. The highest BCUT2D eigenvalue weighted by Crippen LogP contribution is 2.48. The minimum Gasteiger partial charge on any atom is -0.464 e. The van der Waals surface area contributed by atoms with Gasteiger partial charge in [0.15, 0.2) is 0 Å². The molecule has 3 aliphatic rings. The van der Waals surface area contributed by atoms with E-state index in [0.717, 1.165) is 67.9 Å². The fourth-order valence-electron chi connectivity index (χ4n) is 5.08. The number of hydrogen-bond donors (Lipinski definition) is 0. The Bertz CT molecular complexity index is 1000. The van der Waals surface area contributed by atoms with Crippen molar-refractivity contribution in [2.45, 2.75) is 77.9 Å². The number of hydrogen-bond acceptors (Lipinski definition) is 7. The predicted molar refractivity (Wildman–Crippen MR) is 118 cm³/mol. The molecular weight excluding hydrogens is 412 g/mol. The van der Waals surface area contributed by atoms with Crippen LogP contribution in [-0.4, -0.2) is 31.4 Å². The van der Waals surface area contributed by atoms with Crippen LogP contribution in [0.25, 0.3) is 6.08 Å². The first kappa shape index (κ1) is 23.7. The molecule has 1 heterocycles. The third-order valence-corrected chi connectivity index (χ3v) is 6.91. The summed E-state index contributed by atoms with van der Waals surface area (Å²) in [5.74, 6) is 0.623. The number of carbonyl (C=O) groups is 3. The first-order chi connectivity index (χ1) is 15.3. The number of allylic oxidation sites excluding steroid dienone is 1. The Kier molecular flexibility index (Phi) is 7.48. The molecule has 4 rings (SSSR count). The van der Waals surface area contributed by atoms with Crippen molar-refractivity contribution in [3.63, 3.8) is 0 Å². The molecule has 3 aliphatic carbocycles. The zero-order chi connectivity index (χ0) is 23.3. The molecule has 0 saturated heterocycles. The summed E-state index contributed by atoms with van der Waals surface area (Å²) in [5, 5.41) is 0. The molecule has 1 aromatic heterocycles. The number of fused-ring (bicyclic) bond motifs is 2. The van der Waals surface area contributed by atoms with Gasteiger partial charge in [-0.1, -0.05) is 12.5 Å². The molecule has 0 bridgehead atoms. The normalized spacial score (nSPS) is 26.4. The van der Waals surface area contributed by atoms with E-state index in [0.29, 0.717) is 24.3 Å². The van der Waals surface area contributed by atoms with Crippen LogP contribution >= 0.6 is 0 Å². The first-order valence-corrected chi connectivity index (χ1v) is 11.0. The quantitative estimate of drug-likeness (QED) is 0.639. The molecule has 2 unspecified atom stereocenters. The average molecular weight is 443 g/mol. The zero-order valence-corrected chi connectivity index (χ0v) is 18.8. The second-order valence-electron chi connectivity index (χ2n) is 8.90. The van der Waals surface area contributed by atoms with Crippen molar-refractivity contribution < 1.29 is 28.3 Å². The minimum absolute atomic E-state index is 0.110. The number of rotatable bonds is 5. The Balaban J connectivity index is 0.000000207. The van der Waals surface area contributed by atoms with E-state index in [4.69, 9.17) is 13.9 Å². The summed E-state index contributed by atoms with van der Waals surface area (Å²) in [4.78, 5) is 43.3. The van der Waals surface area contributed by atoms with Crippen molar-refractivity contribution >= 4 is 25.3 Å². The third kappa shape index (κ3) is 4.76. The fraction of sp³-hybridized carbons (Fsp3) is 0.520. The zero-order valence-electron chi connectivity index (χ0n) is 18.8. The highest BCUT2D eigenvalue weighted by molar-refractivity contribution is 5.75. The molecule has 0 radical (unpaired) electrons. The number of carbonyl (C=O) groups excluding carboxylic acids is 3. The van der Waals surface area contributed by atoms with Gasteiger partial charge in [-0.25, -0.2) is 4.79 Å². The average Bonchev–Trinajstić information content (AvgIpc) is 2.75. The summed E-state index contributed by atoms with van der Waals surface area (Å²) in [5.41, 5.74) is 4.07. The van der Waals surface area contributed by atoms with Crippen LogP contribution in [0.3, 0.4) is 0 Å². The summed E-state index contributed by atoms with van der Waals surface area (Å²) < 4.78 is 15.3. The van der Waals surface area contributed by atoms with E-state index in [9.17, 15) is 19.2 Å². The van der Waals surface area contributed by atoms with Crippen molar-refractivity contribution in [3.8, 4) is 0 Å². The van der Waals surface area contributed by atoms with E-state index < -0.39 is 0 Å². The maximum Gasteiger partial charge on any atom is 0.343 e.